The van der Waals surface area contributed by atoms with E-state index in [-0.39, 0.29) is 11.3 Å². The van der Waals surface area contributed by atoms with Crippen molar-refractivity contribution in [3.05, 3.63) is 11.8 Å². The Balaban J connectivity index is 2.89. The molecule has 0 radical (unpaired) electrons. The molecule has 0 saturated carbocycles. The molecule has 0 aliphatic carbocycles. The molecule has 0 fully saturated rings. The van der Waals surface area contributed by atoms with Gasteiger partial charge in [-0.2, -0.15) is 0 Å². The first-order valence-corrected chi connectivity index (χ1v) is 7.28. The fourth-order valence-electron chi connectivity index (χ4n) is 2.71. The first-order valence-electron chi connectivity index (χ1n) is 7.28. The van der Waals surface area contributed by atoms with Crippen LogP contribution in [0.2, 0.25) is 0 Å². The summed E-state index contributed by atoms with van der Waals surface area (Å²) >= 11 is 0. The van der Waals surface area contributed by atoms with Gasteiger partial charge in [-0.3, -0.25) is 4.79 Å². The number of hydrogen-bond donors (Lipinski definition) is 0. The summed E-state index contributed by atoms with van der Waals surface area (Å²) in [5, 5.41) is 0. The Morgan fingerprint density at radius 2 is 2.00 bits per heavy atom. The topological polar surface area (TPSA) is 20.3 Å². The highest BCUT2D eigenvalue weighted by Gasteiger charge is 2.34. The van der Waals surface area contributed by atoms with Crippen molar-refractivity contribution in [3.63, 3.8) is 0 Å². The first-order chi connectivity index (χ1) is 8.27. The SMILES string of the molecule is CCN1C=C(C(=O)C(C)CC(C)C)C(C)(C)CC1. The van der Waals surface area contributed by atoms with Gasteiger partial charge >= 0.3 is 0 Å². The molecule has 18 heavy (non-hydrogen) atoms. The molecule has 0 amide bonds. The summed E-state index contributed by atoms with van der Waals surface area (Å²) in [7, 11) is 0. The third kappa shape index (κ3) is 3.60. The summed E-state index contributed by atoms with van der Waals surface area (Å²) in [6, 6.07) is 0. The maximum Gasteiger partial charge on any atom is 0.163 e. The summed E-state index contributed by atoms with van der Waals surface area (Å²) in [5.41, 5.74) is 1.07. The Kier molecular flexibility index (Phi) is 5.01. The number of Topliss-reactive ketones (excluding diaryl/α,β-unsaturated/α-hetero) is 1. The average molecular weight is 251 g/mol. The van der Waals surface area contributed by atoms with Gasteiger partial charge in [0.05, 0.1) is 0 Å². The van der Waals surface area contributed by atoms with Crippen molar-refractivity contribution in [2.45, 2.75) is 54.4 Å². The van der Waals surface area contributed by atoms with Crippen LogP contribution >= 0.6 is 0 Å². The maximum absolute atomic E-state index is 12.6. The highest BCUT2D eigenvalue weighted by molar-refractivity contribution is 5.98. The average Bonchev–Trinajstić information content (AvgIpc) is 2.27. The van der Waals surface area contributed by atoms with Gasteiger partial charge in [0.15, 0.2) is 5.78 Å². The Hall–Kier alpha value is -0.790. The lowest BCUT2D eigenvalue weighted by Crippen LogP contribution is -2.36. The van der Waals surface area contributed by atoms with E-state index in [9.17, 15) is 4.79 Å². The van der Waals surface area contributed by atoms with Crippen LogP contribution in [0.5, 0.6) is 0 Å². The Morgan fingerprint density at radius 1 is 1.39 bits per heavy atom. The van der Waals surface area contributed by atoms with Crippen molar-refractivity contribution in [3.8, 4) is 0 Å². The summed E-state index contributed by atoms with van der Waals surface area (Å²) in [6.45, 7) is 15.0. The monoisotopic (exact) mass is 251 g/mol. The summed E-state index contributed by atoms with van der Waals surface area (Å²) in [6.07, 6.45) is 4.17. The molecule has 0 aromatic rings. The van der Waals surface area contributed by atoms with E-state index in [0.717, 1.165) is 31.5 Å². The predicted octanol–water partition coefficient (Wildman–Crippen LogP) is 3.87. The molecular formula is C16H29NO. The summed E-state index contributed by atoms with van der Waals surface area (Å²) < 4.78 is 0. The number of hydrogen-bond acceptors (Lipinski definition) is 2. The third-order valence-electron chi connectivity index (χ3n) is 4.01. The minimum absolute atomic E-state index is 0.0357. The second-order valence-corrected chi connectivity index (χ2v) is 6.70. The van der Waals surface area contributed by atoms with Crippen LogP contribution in [-0.4, -0.2) is 23.8 Å². The largest absolute Gasteiger partial charge is 0.377 e. The van der Waals surface area contributed by atoms with Crippen molar-refractivity contribution in [2.75, 3.05) is 13.1 Å². The number of allylic oxidation sites excluding steroid dienone is 1. The second-order valence-electron chi connectivity index (χ2n) is 6.70. The normalized spacial score (nSPS) is 20.8. The van der Waals surface area contributed by atoms with Gasteiger partial charge in [0.1, 0.15) is 0 Å². The van der Waals surface area contributed by atoms with Crippen molar-refractivity contribution in [1.29, 1.82) is 0 Å². The predicted molar refractivity (Wildman–Crippen MR) is 77.4 cm³/mol. The molecule has 1 aliphatic rings. The van der Waals surface area contributed by atoms with Crippen LogP contribution in [0.25, 0.3) is 0 Å². The molecule has 0 spiro atoms. The minimum Gasteiger partial charge on any atom is -0.377 e. The highest BCUT2D eigenvalue weighted by atomic mass is 16.1. The van der Waals surface area contributed by atoms with E-state index in [2.05, 4.69) is 52.6 Å². The fraction of sp³-hybridized carbons (Fsp3) is 0.812. The van der Waals surface area contributed by atoms with E-state index in [1.165, 1.54) is 0 Å². The van der Waals surface area contributed by atoms with Gasteiger partial charge in [-0.05, 0) is 31.1 Å². The molecule has 0 N–H and O–H groups in total. The van der Waals surface area contributed by atoms with Crippen LogP contribution in [0.3, 0.4) is 0 Å². The van der Waals surface area contributed by atoms with E-state index in [4.69, 9.17) is 0 Å². The van der Waals surface area contributed by atoms with Gasteiger partial charge in [0.2, 0.25) is 0 Å². The number of carbonyl (C=O) groups is 1. The van der Waals surface area contributed by atoms with E-state index >= 15 is 0 Å². The Bertz CT molecular complexity index is 328. The Labute approximate surface area is 112 Å². The molecule has 1 aliphatic heterocycles. The zero-order valence-corrected chi connectivity index (χ0v) is 12.9. The van der Waals surface area contributed by atoms with Crippen molar-refractivity contribution < 1.29 is 4.79 Å². The lowest BCUT2D eigenvalue weighted by Gasteiger charge is -2.37. The standard InChI is InChI=1S/C16H29NO/c1-7-17-9-8-16(5,6)14(11-17)15(18)13(4)10-12(2)3/h11-13H,7-10H2,1-6H3. The zero-order chi connectivity index (χ0) is 13.9. The van der Waals surface area contributed by atoms with Gasteiger partial charge in [0.25, 0.3) is 0 Å². The van der Waals surface area contributed by atoms with Gasteiger partial charge in [-0.1, -0.05) is 34.6 Å². The summed E-state index contributed by atoms with van der Waals surface area (Å²) in [5.74, 6) is 1.08. The lowest BCUT2D eigenvalue weighted by atomic mass is 9.74. The van der Waals surface area contributed by atoms with Gasteiger partial charge in [-0.25, -0.2) is 0 Å². The highest BCUT2D eigenvalue weighted by Crippen LogP contribution is 2.37. The van der Waals surface area contributed by atoms with Gasteiger partial charge in [-0.15, -0.1) is 0 Å². The molecule has 1 heterocycles. The third-order valence-corrected chi connectivity index (χ3v) is 4.01. The lowest BCUT2D eigenvalue weighted by molar-refractivity contribution is -0.120. The maximum atomic E-state index is 12.6. The molecule has 0 saturated heterocycles. The van der Waals surface area contributed by atoms with E-state index in [1.807, 2.05) is 0 Å². The quantitative estimate of drug-likeness (QED) is 0.739. The molecule has 0 aromatic heterocycles. The van der Waals surface area contributed by atoms with Crippen LogP contribution in [0.15, 0.2) is 11.8 Å². The molecular weight excluding hydrogens is 222 g/mol. The molecule has 1 rings (SSSR count). The van der Waals surface area contributed by atoms with Gasteiger partial charge in [0, 0.05) is 30.8 Å². The second kappa shape index (κ2) is 5.90. The van der Waals surface area contributed by atoms with Crippen molar-refractivity contribution in [1.82, 2.24) is 4.90 Å². The molecule has 104 valence electrons. The molecule has 0 aromatic carbocycles. The van der Waals surface area contributed by atoms with Crippen LogP contribution in [0.1, 0.15) is 54.4 Å². The zero-order valence-electron chi connectivity index (χ0n) is 12.9. The molecule has 1 unspecified atom stereocenters. The number of nitrogens with zero attached hydrogens (tertiary/aromatic N) is 1. The van der Waals surface area contributed by atoms with E-state index in [0.29, 0.717) is 11.7 Å². The summed E-state index contributed by atoms with van der Waals surface area (Å²) in [4.78, 5) is 14.9. The van der Waals surface area contributed by atoms with E-state index < -0.39 is 0 Å². The number of rotatable bonds is 5. The van der Waals surface area contributed by atoms with Crippen molar-refractivity contribution in [2.24, 2.45) is 17.3 Å². The van der Waals surface area contributed by atoms with E-state index in [1.54, 1.807) is 0 Å². The fourth-order valence-corrected chi connectivity index (χ4v) is 2.71. The number of ketones is 1. The van der Waals surface area contributed by atoms with Crippen LogP contribution < -0.4 is 0 Å². The molecule has 1 atom stereocenters. The van der Waals surface area contributed by atoms with Crippen LogP contribution in [0.4, 0.5) is 0 Å². The number of carbonyl (C=O) groups excluding carboxylic acids is 1. The molecule has 2 heteroatoms. The van der Waals surface area contributed by atoms with Crippen molar-refractivity contribution >= 4 is 5.78 Å². The molecule has 0 bridgehead atoms. The van der Waals surface area contributed by atoms with Crippen LogP contribution in [-0.2, 0) is 4.79 Å². The van der Waals surface area contributed by atoms with Crippen LogP contribution in [0, 0.1) is 17.3 Å². The van der Waals surface area contributed by atoms with Gasteiger partial charge < -0.3 is 4.90 Å². The first kappa shape index (κ1) is 15.3. The minimum atomic E-state index is 0.0357. The molecule has 2 nitrogen and oxygen atoms in total. The smallest absolute Gasteiger partial charge is 0.163 e. The Morgan fingerprint density at radius 3 is 2.50 bits per heavy atom.